The van der Waals surface area contributed by atoms with Crippen LogP contribution in [0, 0.1) is 6.92 Å². The summed E-state index contributed by atoms with van der Waals surface area (Å²) < 4.78 is 1.19. The summed E-state index contributed by atoms with van der Waals surface area (Å²) in [5, 5.41) is 8.82. The van der Waals surface area contributed by atoms with Crippen LogP contribution in [-0.2, 0) is 6.54 Å². The fourth-order valence-electron chi connectivity index (χ4n) is 1.43. The molecule has 0 saturated heterocycles. The minimum Gasteiger partial charge on any atom is -0.303 e. The molecule has 0 aliphatic heterocycles. The van der Waals surface area contributed by atoms with E-state index in [2.05, 4.69) is 50.0 Å². The first kappa shape index (κ1) is 12.2. The maximum Gasteiger partial charge on any atom is 0.107 e. The maximum absolute atomic E-state index is 4.43. The lowest BCUT2D eigenvalue weighted by Gasteiger charge is -2.11. The number of aromatic nitrogens is 1. The second-order valence-corrected chi connectivity index (χ2v) is 6.36. The molecule has 0 bridgehead atoms. The number of aryl methyl sites for hydroxylation is 1. The van der Waals surface area contributed by atoms with E-state index in [0.29, 0.717) is 6.04 Å². The monoisotopic (exact) mass is 316 g/mol. The fraction of sp³-hybridized carbons (Fsp3) is 0.364. The average molecular weight is 317 g/mol. The van der Waals surface area contributed by atoms with E-state index in [1.54, 1.807) is 22.7 Å². The Bertz CT molecular complexity index is 464. The number of hydrogen-bond donors (Lipinski definition) is 1. The van der Waals surface area contributed by atoms with Crippen LogP contribution in [-0.4, -0.2) is 4.98 Å². The normalized spacial score (nSPS) is 12.9. The van der Waals surface area contributed by atoms with Gasteiger partial charge in [0.15, 0.2) is 0 Å². The van der Waals surface area contributed by atoms with E-state index < -0.39 is 0 Å². The summed E-state index contributed by atoms with van der Waals surface area (Å²) in [5.74, 6) is 0. The number of halogens is 1. The van der Waals surface area contributed by atoms with E-state index >= 15 is 0 Å². The van der Waals surface area contributed by atoms with E-state index in [4.69, 9.17) is 0 Å². The molecule has 1 atom stereocenters. The lowest BCUT2D eigenvalue weighted by Crippen LogP contribution is -2.17. The topological polar surface area (TPSA) is 24.9 Å². The Labute approximate surface area is 112 Å². The Morgan fingerprint density at radius 2 is 2.31 bits per heavy atom. The summed E-state index contributed by atoms with van der Waals surface area (Å²) in [4.78, 5) is 5.78. The summed E-state index contributed by atoms with van der Waals surface area (Å²) in [5.41, 5.74) is 1.10. The van der Waals surface area contributed by atoms with Gasteiger partial charge in [-0.3, -0.25) is 0 Å². The van der Waals surface area contributed by atoms with E-state index in [0.717, 1.165) is 17.2 Å². The van der Waals surface area contributed by atoms with E-state index in [1.807, 2.05) is 6.92 Å². The molecule has 16 heavy (non-hydrogen) atoms. The highest BCUT2D eigenvalue weighted by atomic mass is 79.9. The van der Waals surface area contributed by atoms with Crippen LogP contribution in [0.1, 0.15) is 28.5 Å². The van der Waals surface area contributed by atoms with Crippen LogP contribution in [0.5, 0.6) is 0 Å². The van der Waals surface area contributed by atoms with Gasteiger partial charge in [-0.2, -0.15) is 0 Å². The van der Waals surface area contributed by atoms with Crippen LogP contribution < -0.4 is 5.32 Å². The van der Waals surface area contributed by atoms with Crippen LogP contribution in [0.2, 0.25) is 0 Å². The molecule has 0 spiro atoms. The molecular formula is C11H13BrN2S2. The fourth-order valence-corrected chi connectivity index (χ4v) is 3.90. The van der Waals surface area contributed by atoms with Gasteiger partial charge in [0.25, 0.3) is 0 Å². The summed E-state index contributed by atoms with van der Waals surface area (Å²) in [6.45, 7) is 5.04. The van der Waals surface area contributed by atoms with Crippen molar-refractivity contribution >= 4 is 38.6 Å². The highest BCUT2D eigenvalue weighted by Crippen LogP contribution is 2.28. The molecule has 0 aromatic carbocycles. The van der Waals surface area contributed by atoms with Crippen LogP contribution in [0.15, 0.2) is 21.3 Å². The third-order valence-electron chi connectivity index (χ3n) is 2.26. The average Bonchev–Trinajstić information content (AvgIpc) is 2.84. The molecule has 0 radical (unpaired) electrons. The van der Waals surface area contributed by atoms with Crippen molar-refractivity contribution in [1.82, 2.24) is 10.3 Å². The van der Waals surface area contributed by atoms with Crippen LogP contribution in [0.25, 0.3) is 0 Å². The second kappa shape index (κ2) is 5.40. The number of hydrogen-bond acceptors (Lipinski definition) is 4. The molecule has 86 valence electrons. The molecule has 1 N–H and O–H groups in total. The zero-order chi connectivity index (χ0) is 11.5. The van der Waals surface area contributed by atoms with Gasteiger partial charge in [0.2, 0.25) is 0 Å². The van der Waals surface area contributed by atoms with Crippen molar-refractivity contribution in [3.05, 3.63) is 36.9 Å². The molecule has 0 aliphatic rings. The Morgan fingerprint density at radius 3 is 2.88 bits per heavy atom. The zero-order valence-electron chi connectivity index (χ0n) is 9.16. The third-order valence-corrected chi connectivity index (χ3v) is 5.28. The van der Waals surface area contributed by atoms with Crippen LogP contribution >= 0.6 is 38.6 Å². The van der Waals surface area contributed by atoms with Crippen molar-refractivity contribution < 1.29 is 0 Å². The summed E-state index contributed by atoms with van der Waals surface area (Å²) >= 11 is 7.04. The largest absolute Gasteiger partial charge is 0.303 e. The highest BCUT2D eigenvalue weighted by molar-refractivity contribution is 9.10. The zero-order valence-corrected chi connectivity index (χ0v) is 12.4. The number of nitrogens with one attached hydrogen (secondary N) is 1. The SMILES string of the molecule is Cc1csc(CNC(C)c2sccc2Br)n1. The number of nitrogens with zero attached hydrogens (tertiary/aromatic N) is 1. The first-order valence-corrected chi connectivity index (χ1v) is 7.59. The third kappa shape index (κ3) is 2.91. The smallest absolute Gasteiger partial charge is 0.107 e. The molecule has 2 heterocycles. The first-order chi connectivity index (χ1) is 7.66. The van der Waals surface area contributed by atoms with E-state index in [9.17, 15) is 0 Å². The van der Waals surface area contributed by atoms with Gasteiger partial charge < -0.3 is 5.32 Å². The lowest BCUT2D eigenvalue weighted by atomic mass is 10.3. The minimum absolute atomic E-state index is 0.360. The number of rotatable bonds is 4. The molecule has 2 aromatic rings. The maximum atomic E-state index is 4.43. The van der Waals surface area contributed by atoms with Crippen molar-refractivity contribution in [2.24, 2.45) is 0 Å². The van der Waals surface area contributed by atoms with Crippen molar-refractivity contribution in [2.45, 2.75) is 26.4 Å². The first-order valence-electron chi connectivity index (χ1n) is 5.04. The van der Waals surface area contributed by atoms with Gasteiger partial charge in [0, 0.05) is 33.0 Å². The molecule has 0 fully saturated rings. The van der Waals surface area contributed by atoms with Gasteiger partial charge in [-0.15, -0.1) is 22.7 Å². The van der Waals surface area contributed by atoms with Crippen molar-refractivity contribution in [1.29, 1.82) is 0 Å². The second-order valence-electron chi connectivity index (χ2n) is 3.62. The molecule has 2 rings (SSSR count). The van der Waals surface area contributed by atoms with Crippen LogP contribution in [0.4, 0.5) is 0 Å². The molecule has 5 heteroatoms. The van der Waals surface area contributed by atoms with Gasteiger partial charge >= 0.3 is 0 Å². The molecule has 0 aliphatic carbocycles. The summed E-state index contributed by atoms with van der Waals surface area (Å²) in [7, 11) is 0. The molecular weight excluding hydrogens is 304 g/mol. The quantitative estimate of drug-likeness (QED) is 0.917. The predicted molar refractivity (Wildman–Crippen MR) is 74.1 cm³/mol. The molecule has 2 aromatic heterocycles. The Morgan fingerprint density at radius 1 is 1.50 bits per heavy atom. The Hall–Kier alpha value is -0.230. The minimum atomic E-state index is 0.360. The Kier molecular flexibility index (Phi) is 4.13. The highest BCUT2D eigenvalue weighted by Gasteiger charge is 2.10. The van der Waals surface area contributed by atoms with Gasteiger partial charge in [0.1, 0.15) is 5.01 Å². The summed E-state index contributed by atoms with van der Waals surface area (Å²) in [6, 6.07) is 2.45. The van der Waals surface area contributed by atoms with E-state index in [-0.39, 0.29) is 0 Å². The molecule has 1 unspecified atom stereocenters. The predicted octanol–water partition coefficient (Wildman–Crippen LogP) is 4.13. The summed E-state index contributed by atoms with van der Waals surface area (Å²) in [6.07, 6.45) is 0. The van der Waals surface area contributed by atoms with Gasteiger partial charge in [0.05, 0.1) is 0 Å². The van der Waals surface area contributed by atoms with Gasteiger partial charge in [-0.05, 0) is 41.2 Å². The van der Waals surface area contributed by atoms with Gasteiger partial charge in [-0.1, -0.05) is 0 Å². The number of thiophene rings is 1. The van der Waals surface area contributed by atoms with Gasteiger partial charge in [-0.25, -0.2) is 4.98 Å². The number of thiazole rings is 1. The van der Waals surface area contributed by atoms with E-state index in [1.165, 1.54) is 9.35 Å². The Balaban J connectivity index is 1.93. The van der Waals surface area contributed by atoms with Crippen molar-refractivity contribution in [3.8, 4) is 0 Å². The standard InChI is InChI=1S/C11H13BrN2S2/c1-7-6-16-10(14-7)5-13-8(2)11-9(12)3-4-15-11/h3-4,6,8,13H,5H2,1-2H3. The van der Waals surface area contributed by atoms with Crippen molar-refractivity contribution in [2.75, 3.05) is 0 Å². The molecule has 0 saturated carbocycles. The van der Waals surface area contributed by atoms with Crippen molar-refractivity contribution in [3.63, 3.8) is 0 Å². The molecule has 0 amide bonds. The van der Waals surface area contributed by atoms with Crippen LogP contribution in [0.3, 0.4) is 0 Å². The lowest BCUT2D eigenvalue weighted by molar-refractivity contribution is 0.579. The molecule has 2 nitrogen and oxygen atoms in total.